The maximum atomic E-state index is 14.4. The van der Waals surface area contributed by atoms with E-state index in [1.165, 1.54) is 37.5 Å². The Morgan fingerprint density at radius 3 is 2.11 bits per heavy atom. The molecule has 1 aliphatic carbocycles. The van der Waals surface area contributed by atoms with Crippen molar-refractivity contribution in [1.82, 2.24) is 61.5 Å². The Kier molecular flexibility index (Phi) is 21.9. The van der Waals surface area contributed by atoms with E-state index in [4.69, 9.17) is 49.1 Å². The van der Waals surface area contributed by atoms with Crippen LogP contribution in [0.5, 0.6) is 0 Å². The SMILES string of the molecule is CNC(=O)C[C@@H]1NC(=O)c2csc(n2)-c2ccc(-c3nc(N(CC(CC(=O)O)OC)C(=O)O[C@H]4CC[C@H](C(=O)O)CC4)cs3)nc2-c2csc(n2)-c2csc(n2)[C@H]([C@@H](O)c2ccccc2)NC(=O)CNC(=O)c2nc(sc2COC)C(C(C)C)NC(=O)c2nc1sc2C. The Labute approximate surface area is 555 Å². The molecule has 0 spiro atoms. The first-order valence-corrected chi connectivity index (χ1v) is 34.2. The van der Waals surface area contributed by atoms with Gasteiger partial charge in [0.15, 0.2) is 0 Å². The fourth-order valence-corrected chi connectivity index (χ4v) is 15.8. The van der Waals surface area contributed by atoms with Crippen molar-refractivity contribution in [1.29, 1.82) is 0 Å². The van der Waals surface area contributed by atoms with E-state index >= 15 is 0 Å². The number of nitrogens with zero attached hydrogens (tertiary/aromatic N) is 8. The summed E-state index contributed by atoms with van der Waals surface area (Å²) in [5.74, 6) is -5.86. The lowest BCUT2D eigenvalue weighted by Gasteiger charge is -2.29. The quantitative estimate of drug-likeness (QED) is 0.0450. The summed E-state index contributed by atoms with van der Waals surface area (Å²) in [6.07, 6.45) is -3.20. The van der Waals surface area contributed by atoms with Crippen LogP contribution in [-0.2, 0) is 40.0 Å². The highest BCUT2D eigenvalue weighted by molar-refractivity contribution is 7.15. The Morgan fingerprint density at radius 1 is 0.699 bits per heavy atom. The number of aryl methyl sites for hydroxylation is 1. The molecule has 10 rings (SSSR count). The molecule has 1 aromatic carbocycles. The third-order valence-electron chi connectivity index (χ3n) is 15.1. The molecule has 1 fully saturated rings. The first-order chi connectivity index (χ1) is 44.7. The van der Waals surface area contributed by atoms with Gasteiger partial charge in [-0.05, 0) is 56.2 Å². The van der Waals surface area contributed by atoms with Gasteiger partial charge in [0, 0.05) is 53.2 Å². The van der Waals surface area contributed by atoms with Crippen molar-refractivity contribution in [2.24, 2.45) is 11.8 Å². The van der Waals surface area contributed by atoms with Crippen LogP contribution in [0.15, 0.2) is 64.0 Å². The van der Waals surface area contributed by atoms with Gasteiger partial charge < -0.3 is 56.1 Å². The highest BCUT2D eigenvalue weighted by Crippen LogP contribution is 2.41. The Bertz CT molecular complexity index is 4060. The number of aliphatic carboxylic acids is 2. The molecule has 8 heterocycles. The minimum absolute atomic E-state index is 0.0186. The minimum atomic E-state index is -1.32. The number of aliphatic hydroxyl groups excluding tert-OH is 1. The number of methoxy groups -OCH3 is 2. The summed E-state index contributed by atoms with van der Waals surface area (Å²) < 4.78 is 16.8. The van der Waals surface area contributed by atoms with Crippen LogP contribution in [0.4, 0.5) is 10.6 Å². The second-order valence-corrected chi connectivity index (χ2v) is 27.7. The number of pyridine rings is 1. The number of hydrogen-bond acceptors (Lipinski definition) is 25. The lowest BCUT2D eigenvalue weighted by atomic mass is 9.87. The van der Waals surface area contributed by atoms with Gasteiger partial charge in [0.2, 0.25) is 11.8 Å². The van der Waals surface area contributed by atoms with Gasteiger partial charge in [-0.2, -0.15) is 0 Å². The van der Waals surface area contributed by atoms with E-state index in [2.05, 4.69) is 26.6 Å². The van der Waals surface area contributed by atoms with Crippen molar-refractivity contribution in [3.8, 4) is 43.4 Å². The van der Waals surface area contributed by atoms with Crippen molar-refractivity contribution in [3.63, 3.8) is 0 Å². The molecule has 6 amide bonds. The molecule has 10 bridgehead atoms. The van der Waals surface area contributed by atoms with E-state index in [1.807, 2.05) is 13.8 Å². The van der Waals surface area contributed by atoms with Crippen molar-refractivity contribution in [2.75, 3.05) is 39.3 Å². The van der Waals surface area contributed by atoms with Gasteiger partial charge in [-0.1, -0.05) is 44.2 Å². The first kappa shape index (κ1) is 67.5. The number of aromatic nitrogens is 7. The molecule has 5 atom stereocenters. The summed E-state index contributed by atoms with van der Waals surface area (Å²) in [7, 11) is 4.23. The average molecular weight is 1380 g/mol. The van der Waals surface area contributed by atoms with E-state index in [9.17, 15) is 53.7 Å². The number of carboxylic acid groups (broad SMARTS) is 2. The topological polar surface area (TPSA) is 379 Å². The fraction of sp³-hybridized carbons (Fsp3) is 0.383. The molecule has 2 aliphatic rings. The summed E-state index contributed by atoms with van der Waals surface area (Å²) in [6, 6.07) is 9.16. The van der Waals surface area contributed by atoms with E-state index < -0.39 is 103 Å². The maximum absolute atomic E-state index is 14.4. The molecular formula is C60H63N13O14S6. The molecule has 8 aromatic rings. The second-order valence-electron chi connectivity index (χ2n) is 21.9. The van der Waals surface area contributed by atoms with Crippen LogP contribution in [0, 0.1) is 18.8 Å². The molecule has 27 nitrogen and oxygen atoms in total. The zero-order valence-electron chi connectivity index (χ0n) is 50.7. The van der Waals surface area contributed by atoms with E-state index in [1.54, 1.807) is 70.9 Å². The van der Waals surface area contributed by atoms with Gasteiger partial charge in [-0.15, -0.1) is 68.0 Å². The smallest absolute Gasteiger partial charge is 0.415 e. The molecule has 7 aromatic heterocycles. The van der Waals surface area contributed by atoms with Gasteiger partial charge >= 0.3 is 18.0 Å². The van der Waals surface area contributed by atoms with Crippen LogP contribution in [0.2, 0.25) is 0 Å². The molecule has 8 N–H and O–H groups in total. The van der Waals surface area contributed by atoms with E-state index in [0.717, 1.165) is 56.7 Å². The third kappa shape index (κ3) is 16.0. The van der Waals surface area contributed by atoms with E-state index in [-0.39, 0.29) is 59.1 Å². The summed E-state index contributed by atoms with van der Waals surface area (Å²) in [5.41, 5.74) is 2.18. The molecule has 93 heavy (non-hydrogen) atoms. The van der Waals surface area contributed by atoms with Gasteiger partial charge in [-0.25, -0.2) is 39.7 Å². The van der Waals surface area contributed by atoms with Crippen molar-refractivity contribution in [2.45, 2.75) is 102 Å². The normalized spacial score (nSPS) is 18.7. The summed E-state index contributed by atoms with van der Waals surface area (Å²) in [5, 5.41) is 53.9. The number of anilines is 1. The van der Waals surface area contributed by atoms with Crippen LogP contribution in [-0.4, -0.2) is 144 Å². The average Bonchev–Trinajstić information content (AvgIpc) is 1.69. The molecule has 0 saturated heterocycles. The van der Waals surface area contributed by atoms with Crippen LogP contribution in [0.25, 0.3) is 43.4 Å². The number of benzene rings is 1. The van der Waals surface area contributed by atoms with Crippen molar-refractivity contribution in [3.05, 3.63) is 111 Å². The van der Waals surface area contributed by atoms with E-state index in [0.29, 0.717) is 88.7 Å². The molecular weight excluding hydrogens is 1320 g/mol. The fourth-order valence-electron chi connectivity index (χ4n) is 10.2. The second kappa shape index (κ2) is 30.1. The molecule has 488 valence electrons. The Hall–Kier alpha value is -8.41. The Morgan fingerprint density at radius 2 is 1.40 bits per heavy atom. The number of hydrogen-bond donors (Lipinski definition) is 8. The molecule has 1 saturated carbocycles. The zero-order chi connectivity index (χ0) is 66.2. The summed E-state index contributed by atoms with van der Waals surface area (Å²) in [4.78, 5) is 144. The summed E-state index contributed by atoms with van der Waals surface area (Å²) >= 11 is 6.89. The lowest BCUT2D eigenvalue weighted by molar-refractivity contribution is -0.143. The van der Waals surface area contributed by atoms with Crippen LogP contribution < -0.4 is 31.5 Å². The van der Waals surface area contributed by atoms with Crippen LogP contribution in [0.1, 0.15) is 138 Å². The highest BCUT2D eigenvalue weighted by atomic mass is 32.1. The highest BCUT2D eigenvalue weighted by Gasteiger charge is 2.35. The maximum Gasteiger partial charge on any atom is 0.415 e. The van der Waals surface area contributed by atoms with Gasteiger partial charge in [0.05, 0.1) is 67.2 Å². The van der Waals surface area contributed by atoms with Gasteiger partial charge in [0.1, 0.15) is 88.3 Å². The zero-order valence-corrected chi connectivity index (χ0v) is 55.6. The predicted octanol–water partition coefficient (Wildman–Crippen LogP) is 8.39. The number of fused-ring (bicyclic) bond motifs is 14. The number of thiazole rings is 6. The largest absolute Gasteiger partial charge is 0.481 e. The number of carbonyl (C=O) groups is 8. The van der Waals surface area contributed by atoms with Crippen molar-refractivity contribution < 1.29 is 67.9 Å². The number of aliphatic hydroxyl groups is 1. The number of carboxylic acids is 2. The summed E-state index contributed by atoms with van der Waals surface area (Å²) in [6.45, 7) is 4.60. The molecule has 0 radical (unpaired) electrons. The molecule has 1 aliphatic heterocycles. The van der Waals surface area contributed by atoms with Crippen LogP contribution >= 0.6 is 68.0 Å². The minimum Gasteiger partial charge on any atom is -0.481 e. The lowest BCUT2D eigenvalue weighted by Crippen LogP contribution is -2.42. The predicted molar refractivity (Wildman–Crippen MR) is 347 cm³/mol. The standard InChI is InChI=1S/C60H63N13O14S6/c1-27(2)44-58-72-47(39(93-58)22-85-5)51(80)62-20-42(75)69-48(49(78)29-10-8-7-9-11-29)57-67-38(25-90-57)55-65-36(23-89-55)46-33(53-66-37(24-88-53)50(79)64-35(19-41(74)61-4)56-71-45(28(3)92-56)52(81)70-44)16-17-34(63-46)54-68-40(26-91-54)73(21-32(86-6)18-43(76)77)60(84)87-31-14-12-30(13-15-31)59(82)83/h7-11,16-17,23-27,30-32,35,44,48-49,78H,12-15,18-22H2,1-6H3,(H,61,74)(H,62,80)(H,64,79)(H,69,75)(H,70,81)(H,76,77)(H,82,83)/t30-,31-,32?,35-,44?,48-,49-/m0/s1. The van der Waals surface area contributed by atoms with Crippen LogP contribution in [0.3, 0.4) is 0 Å². The number of rotatable bonds is 16. The number of nitrogens with one attached hydrogen (secondary N) is 5. The molecule has 33 heteroatoms. The van der Waals surface area contributed by atoms with Gasteiger partial charge in [-0.3, -0.25) is 38.5 Å². The number of ether oxygens (including phenoxy) is 3. The Balaban J connectivity index is 1.05. The monoisotopic (exact) mass is 1380 g/mol. The number of carbonyl (C=O) groups excluding carboxylic acids is 6. The number of amides is 6. The third-order valence-corrected chi connectivity index (χ3v) is 20.9. The molecule has 2 unspecified atom stereocenters. The van der Waals surface area contributed by atoms with Gasteiger partial charge in [0.25, 0.3) is 17.7 Å². The first-order valence-electron chi connectivity index (χ1n) is 29.1. The van der Waals surface area contributed by atoms with Crippen molar-refractivity contribution >= 4 is 121 Å².